The standard InChI is InChI=1S/C22H16ClFN2O2/c23-17-12-15(10-11-18(17)24)25-22(28)26-19-9-5-4-8-16(19)21(27)13-20(26)14-6-2-1-3-7-14/h1-12,20H,13H2,(H,25,28). The van der Waals surface area contributed by atoms with E-state index in [9.17, 15) is 14.0 Å². The highest BCUT2D eigenvalue weighted by Gasteiger charge is 2.36. The number of nitrogens with one attached hydrogen (secondary N) is 1. The van der Waals surface area contributed by atoms with Crippen molar-refractivity contribution in [2.75, 3.05) is 10.2 Å². The van der Waals surface area contributed by atoms with Crippen LogP contribution in [0.5, 0.6) is 0 Å². The van der Waals surface area contributed by atoms with E-state index < -0.39 is 17.9 Å². The second-order valence-corrected chi connectivity index (χ2v) is 6.91. The van der Waals surface area contributed by atoms with Crippen LogP contribution in [0.3, 0.4) is 0 Å². The predicted molar refractivity (Wildman–Crippen MR) is 107 cm³/mol. The first kappa shape index (κ1) is 18.2. The van der Waals surface area contributed by atoms with E-state index in [4.69, 9.17) is 11.6 Å². The van der Waals surface area contributed by atoms with Gasteiger partial charge >= 0.3 is 6.03 Å². The first-order valence-electron chi connectivity index (χ1n) is 8.77. The smallest absolute Gasteiger partial charge is 0.307 e. The Morgan fingerprint density at radius 3 is 2.50 bits per heavy atom. The van der Waals surface area contributed by atoms with Gasteiger partial charge in [-0.25, -0.2) is 9.18 Å². The van der Waals surface area contributed by atoms with E-state index in [-0.39, 0.29) is 17.2 Å². The number of anilines is 2. The molecule has 0 spiro atoms. The summed E-state index contributed by atoms with van der Waals surface area (Å²) in [5.74, 6) is -0.575. The molecule has 0 saturated heterocycles. The van der Waals surface area contributed by atoms with E-state index >= 15 is 0 Å². The molecule has 0 aromatic heterocycles. The van der Waals surface area contributed by atoms with Crippen molar-refractivity contribution in [2.24, 2.45) is 0 Å². The van der Waals surface area contributed by atoms with Crippen molar-refractivity contribution in [3.8, 4) is 0 Å². The summed E-state index contributed by atoms with van der Waals surface area (Å²) in [6.45, 7) is 0. The van der Waals surface area contributed by atoms with Crippen LogP contribution >= 0.6 is 11.6 Å². The molecule has 1 aliphatic heterocycles. The molecular weight excluding hydrogens is 379 g/mol. The fourth-order valence-electron chi connectivity index (χ4n) is 3.41. The molecule has 140 valence electrons. The molecule has 0 bridgehead atoms. The van der Waals surface area contributed by atoms with Crippen LogP contribution in [0.15, 0.2) is 72.8 Å². The Kier molecular flexibility index (Phi) is 4.84. The van der Waals surface area contributed by atoms with E-state index in [1.165, 1.54) is 18.2 Å². The van der Waals surface area contributed by atoms with Crippen LogP contribution in [0.2, 0.25) is 5.02 Å². The zero-order valence-corrected chi connectivity index (χ0v) is 15.5. The molecule has 0 aliphatic carbocycles. The highest BCUT2D eigenvalue weighted by molar-refractivity contribution is 6.31. The third-order valence-corrected chi connectivity index (χ3v) is 5.02. The van der Waals surface area contributed by atoms with Gasteiger partial charge in [0.25, 0.3) is 0 Å². The van der Waals surface area contributed by atoms with E-state index in [1.807, 2.05) is 30.3 Å². The first-order valence-corrected chi connectivity index (χ1v) is 9.15. The van der Waals surface area contributed by atoms with E-state index in [1.54, 1.807) is 29.2 Å². The third kappa shape index (κ3) is 3.37. The molecule has 3 aromatic carbocycles. The maximum atomic E-state index is 13.4. The van der Waals surface area contributed by atoms with Crippen LogP contribution in [0.4, 0.5) is 20.6 Å². The van der Waals surface area contributed by atoms with Gasteiger partial charge in [0, 0.05) is 17.7 Å². The molecule has 3 aromatic rings. The molecule has 1 heterocycles. The highest BCUT2D eigenvalue weighted by atomic mass is 35.5. The number of carbonyl (C=O) groups excluding carboxylic acids is 2. The fraction of sp³-hybridized carbons (Fsp3) is 0.0909. The lowest BCUT2D eigenvalue weighted by atomic mass is 9.90. The summed E-state index contributed by atoms with van der Waals surface area (Å²) in [7, 11) is 0. The molecule has 0 radical (unpaired) electrons. The van der Waals surface area contributed by atoms with Gasteiger partial charge in [0.05, 0.1) is 16.8 Å². The number of hydrogen-bond donors (Lipinski definition) is 1. The number of fused-ring (bicyclic) bond motifs is 1. The average Bonchev–Trinajstić information content (AvgIpc) is 2.71. The minimum Gasteiger partial charge on any atom is -0.307 e. The van der Waals surface area contributed by atoms with Crippen LogP contribution in [-0.4, -0.2) is 11.8 Å². The fourth-order valence-corrected chi connectivity index (χ4v) is 3.60. The molecule has 1 aliphatic rings. The third-order valence-electron chi connectivity index (χ3n) is 4.73. The Hall–Kier alpha value is -3.18. The van der Waals surface area contributed by atoms with Crippen LogP contribution < -0.4 is 10.2 Å². The van der Waals surface area contributed by atoms with Crippen LogP contribution in [0.1, 0.15) is 28.4 Å². The van der Waals surface area contributed by atoms with Crippen molar-refractivity contribution in [3.05, 3.63) is 94.8 Å². The minimum atomic E-state index is -0.559. The Morgan fingerprint density at radius 2 is 1.75 bits per heavy atom. The molecule has 0 saturated carbocycles. The molecule has 1 atom stereocenters. The average molecular weight is 395 g/mol. The van der Waals surface area contributed by atoms with Crippen molar-refractivity contribution in [2.45, 2.75) is 12.5 Å². The molecule has 28 heavy (non-hydrogen) atoms. The van der Waals surface area contributed by atoms with Crippen LogP contribution in [0, 0.1) is 5.82 Å². The predicted octanol–water partition coefficient (Wildman–Crippen LogP) is 5.85. The summed E-state index contributed by atoms with van der Waals surface area (Å²) in [6, 6.07) is 19.6. The quantitative estimate of drug-likeness (QED) is 0.593. The topological polar surface area (TPSA) is 49.4 Å². The van der Waals surface area contributed by atoms with Crippen molar-refractivity contribution in [1.82, 2.24) is 0 Å². The Morgan fingerprint density at radius 1 is 1.04 bits per heavy atom. The number of hydrogen-bond acceptors (Lipinski definition) is 2. The molecule has 4 nitrogen and oxygen atoms in total. The summed E-state index contributed by atoms with van der Waals surface area (Å²) in [4.78, 5) is 27.4. The number of halogens is 2. The van der Waals surface area contributed by atoms with Crippen molar-refractivity contribution < 1.29 is 14.0 Å². The van der Waals surface area contributed by atoms with Gasteiger partial charge in [-0.1, -0.05) is 54.1 Å². The van der Waals surface area contributed by atoms with Crippen molar-refractivity contribution in [3.63, 3.8) is 0 Å². The number of ketones is 1. The SMILES string of the molecule is O=C1CC(c2ccccc2)N(C(=O)Nc2ccc(F)c(Cl)c2)c2ccccc21. The maximum absolute atomic E-state index is 13.4. The Balaban J connectivity index is 1.75. The van der Waals surface area contributed by atoms with Gasteiger partial charge in [-0.05, 0) is 35.9 Å². The second-order valence-electron chi connectivity index (χ2n) is 6.50. The largest absolute Gasteiger partial charge is 0.326 e. The van der Waals surface area contributed by atoms with Crippen LogP contribution in [-0.2, 0) is 0 Å². The number of Topliss-reactive ketones (excluding diaryl/α,β-unsaturated/α-hetero) is 1. The van der Waals surface area contributed by atoms with Gasteiger partial charge in [0.15, 0.2) is 5.78 Å². The lowest BCUT2D eigenvalue weighted by molar-refractivity contribution is 0.0967. The number of amides is 2. The molecule has 4 rings (SSSR count). The number of carbonyl (C=O) groups is 2. The molecule has 0 fully saturated rings. The van der Waals surface area contributed by atoms with E-state index in [2.05, 4.69) is 5.32 Å². The highest BCUT2D eigenvalue weighted by Crippen LogP contribution is 2.39. The molecular formula is C22H16ClFN2O2. The lowest BCUT2D eigenvalue weighted by Crippen LogP contribution is -2.42. The summed E-state index contributed by atoms with van der Waals surface area (Å²) in [5, 5.41) is 2.68. The summed E-state index contributed by atoms with van der Waals surface area (Å²) >= 11 is 5.82. The number of benzene rings is 3. The van der Waals surface area contributed by atoms with Crippen molar-refractivity contribution >= 4 is 34.8 Å². The van der Waals surface area contributed by atoms with Crippen LogP contribution in [0.25, 0.3) is 0 Å². The molecule has 2 amide bonds. The minimum absolute atomic E-state index is 0.0154. The number of nitrogens with zero attached hydrogens (tertiary/aromatic N) is 1. The summed E-state index contributed by atoms with van der Waals surface area (Å²) < 4.78 is 13.4. The van der Waals surface area contributed by atoms with Gasteiger partial charge in [-0.3, -0.25) is 9.69 Å². The van der Waals surface area contributed by atoms with Gasteiger partial charge < -0.3 is 5.32 Å². The van der Waals surface area contributed by atoms with E-state index in [0.717, 1.165) is 5.56 Å². The van der Waals surface area contributed by atoms with Crippen molar-refractivity contribution in [1.29, 1.82) is 0 Å². The number of para-hydroxylation sites is 1. The number of urea groups is 1. The lowest BCUT2D eigenvalue weighted by Gasteiger charge is -2.36. The van der Waals surface area contributed by atoms with Gasteiger partial charge in [0.2, 0.25) is 0 Å². The Bertz CT molecular complexity index is 1060. The summed E-state index contributed by atoms with van der Waals surface area (Å²) in [5.41, 5.74) is 2.27. The summed E-state index contributed by atoms with van der Waals surface area (Å²) in [6.07, 6.45) is 0.179. The normalized spacial score (nSPS) is 15.9. The molecule has 1 unspecified atom stereocenters. The number of rotatable bonds is 2. The Labute approximate surface area is 166 Å². The second kappa shape index (κ2) is 7.44. The maximum Gasteiger partial charge on any atom is 0.326 e. The van der Waals surface area contributed by atoms with Gasteiger partial charge in [-0.15, -0.1) is 0 Å². The zero-order chi connectivity index (χ0) is 19.7. The van der Waals surface area contributed by atoms with Gasteiger partial charge in [0.1, 0.15) is 5.82 Å². The van der Waals surface area contributed by atoms with Gasteiger partial charge in [-0.2, -0.15) is 0 Å². The molecule has 1 N–H and O–H groups in total. The first-order chi connectivity index (χ1) is 13.5. The molecule has 6 heteroatoms. The van der Waals surface area contributed by atoms with E-state index in [0.29, 0.717) is 16.9 Å². The zero-order valence-electron chi connectivity index (χ0n) is 14.7. The monoisotopic (exact) mass is 394 g/mol.